The minimum atomic E-state index is -0.539. The molecule has 1 fully saturated rings. The van der Waals surface area contributed by atoms with E-state index in [1.807, 2.05) is 31.2 Å². The van der Waals surface area contributed by atoms with Gasteiger partial charge in [-0.25, -0.2) is 0 Å². The molecule has 134 valence electrons. The predicted octanol–water partition coefficient (Wildman–Crippen LogP) is 3.00. The third-order valence-corrected chi connectivity index (χ3v) is 4.31. The molecule has 1 aliphatic heterocycles. The molecule has 7 nitrogen and oxygen atoms in total. The number of hydrogen-bond acceptors (Lipinski definition) is 5. The second-order valence-corrected chi connectivity index (χ2v) is 6.28. The lowest BCUT2D eigenvalue weighted by atomic mass is 10.1. The molecule has 0 aromatic heterocycles. The van der Waals surface area contributed by atoms with Crippen LogP contribution in [0.15, 0.2) is 48.5 Å². The van der Waals surface area contributed by atoms with Crippen LogP contribution in [0.25, 0.3) is 0 Å². The van der Waals surface area contributed by atoms with Crippen molar-refractivity contribution in [2.45, 2.75) is 20.0 Å². The highest BCUT2D eigenvalue weighted by Gasteiger charge is 2.36. The van der Waals surface area contributed by atoms with E-state index in [1.165, 1.54) is 12.1 Å². The van der Waals surface area contributed by atoms with Gasteiger partial charge in [-0.1, -0.05) is 29.8 Å². The summed E-state index contributed by atoms with van der Waals surface area (Å²) in [6.07, 6.45) is 0.0989. The van der Waals surface area contributed by atoms with Gasteiger partial charge in [-0.3, -0.25) is 19.7 Å². The number of non-ortho nitro benzene ring substituents is 1. The summed E-state index contributed by atoms with van der Waals surface area (Å²) in [6.45, 7) is 2.18. The zero-order valence-corrected chi connectivity index (χ0v) is 14.3. The van der Waals surface area contributed by atoms with Crippen LogP contribution in [0.4, 0.5) is 11.4 Å². The van der Waals surface area contributed by atoms with Gasteiger partial charge in [0.2, 0.25) is 5.91 Å². The average molecular weight is 354 g/mol. The van der Waals surface area contributed by atoms with Gasteiger partial charge in [-0.2, -0.15) is 0 Å². The van der Waals surface area contributed by atoms with Gasteiger partial charge < -0.3 is 9.64 Å². The van der Waals surface area contributed by atoms with Crippen LogP contribution in [-0.4, -0.2) is 23.3 Å². The van der Waals surface area contributed by atoms with Crippen LogP contribution in [0.1, 0.15) is 17.5 Å². The van der Waals surface area contributed by atoms with Crippen molar-refractivity contribution in [1.82, 2.24) is 0 Å². The van der Waals surface area contributed by atoms with Gasteiger partial charge in [0.25, 0.3) is 5.69 Å². The lowest BCUT2D eigenvalue weighted by molar-refractivity contribution is -0.384. The van der Waals surface area contributed by atoms with E-state index in [0.717, 1.165) is 11.3 Å². The second kappa shape index (κ2) is 7.35. The normalized spacial score (nSPS) is 16.6. The standard InChI is InChI=1S/C19H18N2O5/c1-13-5-7-16(8-6-13)20-11-15(10-18(20)22)19(23)26-12-14-3-2-4-17(9-14)21(24)25/h2-9,15H,10-12H2,1H3. The largest absolute Gasteiger partial charge is 0.461 e. The average Bonchev–Trinajstić information content (AvgIpc) is 3.02. The summed E-state index contributed by atoms with van der Waals surface area (Å²) in [5.74, 6) is -1.13. The van der Waals surface area contributed by atoms with Crippen LogP contribution in [0.3, 0.4) is 0 Å². The van der Waals surface area contributed by atoms with E-state index in [2.05, 4.69) is 0 Å². The molecule has 1 heterocycles. The Labute approximate surface area is 150 Å². The summed E-state index contributed by atoms with van der Waals surface area (Å²) in [4.78, 5) is 36.4. The summed E-state index contributed by atoms with van der Waals surface area (Å²) in [5, 5.41) is 10.8. The molecule has 1 atom stereocenters. The quantitative estimate of drug-likeness (QED) is 0.468. The van der Waals surface area contributed by atoms with E-state index >= 15 is 0 Å². The fourth-order valence-corrected chi connectivity index (χ4v) is 2.87. The number of nitrogens with zero attached hydrogens (tertiary/aromatic N) is 2. The van der Waals surface area contributed by atoms with Crippen LogP contribution >= 0.6 is 0 Å². The monoisotopic (exact) mass is 354 g/mol. The van der Waals surface area contributed by atoms with Crippen molar-refractivity contribution in [2.24, 2.45) is 5.92 Å². The Morgan fingerprint density at radius 2 is 2.00 bits per heavy atom. The zero-order valence-electron chi connectivity index (χ0n) is 14.3. The number of nitro benzene ring substituents is 1. The Hall–Kier alpha value is -3.22. The van der Waals surface area contributed by atoms with E-state index in [4.69, 9.17) is 4.74 Å². The van der Waals surface area contributed by atoms with E-state index in [9.17, 15) is 19.7 Å². The second-order valence-electron chi connectivity index (χ2n) is 6.28. The van der Waals surface area contributed by atoms with Gasteiger partial charge in [-0.05, 0) is 24.6 Å². The van der Waals surface area contributed by atoms with E-state index in [0.29, 0.717) is 5.56 Å². The summed E-state index contributed by atoms with van der Waals surface area (Å²) in [6, 6.07) is 13.5. The first-order valence-corrected chi connectivity index (χ1v) is 8.21. The van der Waals surface area contributed by atoms with Crippen molar-refractivity contribution < 1.29 is 19.2 Å². The van der Waals surface area contributed by atoms with Gasteiger partial charge in [0.1, 0.15) is 6.61 Å². The number of esters is 1. The smallest absolute Gasteiger partial charge is 0.311 e. The Bertz CT molecular complexity index is 847. The maximum absolute atomic E-state index is 12.3. The number of rotatable bonds is 5. The zero-order chi connectivity index (χ0) is 18.7. The number of aryl methyl sites for hydroxylation is 1. The van der Waals surface area contributed by atoms with E-state index in [-0.39, 0.29) is 31.2 Å². The molecule has 0 aliphatic carbocycles. The van der Waals surface area contributed by atoms with Crippen LogP contribution in [0.2, 0.25) is 0 Å². The molecule has 2 aromatic rings. The Morgan fingerprint density at radius 1 is 1.27 bits per heavy atom. The summed E-state index contributed by atoms with van der Waals surface area (Å²) >= 11 is 0. The Kier molecular flexibility index (Phi) is 4.97. The van der Waals surface area contributed by atoms with Crippen molar-refractivity contribution in [3.05, 3.63) is 69.8 Å². The molecule has 2 aromatic carbocycles. The molecule has 0 radical (unpaired) electrons. The van der Waals surface area contributed by atoms with Gasteiger partial charge in [0, 0.05) is 30.8 Å². The Balaban J connectivity index is 1.60. The molecule has 0 saturated carbocycles. The maximum atomic E-state index is 12.3. The van der Waals surface area contributed by atoms with Crippen molar-refractivity contribution >= 4 is 23.3 Å². The number of hydrogen-bond donors (Lipinski definition) is 0. The van der Waals surface area contributed by atoms with Gasteiger partial charge >= 0.3 is 5.97 Å². The summed E-state index contributed by atoms with van der Waals surface area (Å²) in [7, 11) is 0. The first-order valence-electron chi connectivity index (χ1n) is 8.21. The summed E-state index contributed by atoms with van der Waals surface area (Å²) in [5.41, 5.74) is 2.33. The number of anilines is 1. The van der Waals surface area contributed by atoms with Gasteiger partial charge in [0.05, 0.1) is 10.8 Å². The van der Waals surface area contributed by atoms with Crippen molar-refractivity contribution in [3.63, 3.8) is 0 Å². The van der Waals surface area contributed by atoms with Gasteiger partial charge in [0.15, 0.2) is 0 Å². The number of carbonyl (C=O) groups excluding carboxylic acids is 2. The summed E-state index contributed by atoms with van der Waals surface area (Å²) < 4.78 is 5.26. The highest BCUT2D eigenvalue weighted by molar-refractivity contribution is 5.99. The number of benzene rings is 2. The van der Waals surface area contributed by atoms with Crippen LogP contribution in [-0.2, 0) is 20.9 Å². The third-order valence-electron chi connectivity index (χ3n) is 4.31. The molecular formula is C19H18N2O5. The fourth-order valence-electron chi connectivity index (χ4n) is 2.87. The van der Waals surface area contributed by atoms with Gasteiger partial charge in [-0.15, -0.1) is 0 Å². The topological polar surface area (TPSA) is 89.8 Å². The predicted molar refractivity (Wildman–Crippen MR) is 94.5 cm³/mol. The lowest BCUT2D eigenvalue weighted by Gasteiger charge is -2.16. The first kappa shape index (κ1) is 17.6. The first-order chi connectivity index (χ1) is 12.4. The molecule has 1 unspecified atom stereocenters. The molecule has 1 saturated heterocycles. The van der Waals surface area contributed by atoms with Crippen molar-refractivity contribution in [3.8, 4) is 0 Å². The molecule has 3 rings (SSSR count). The van der Waals surface area contributed by atoms with Crippen molar-refractivity contribution in [2.75, 3.05) is 11.4 Å². The highest BCUT2D eigenvalue weighted by Crippen LogP contribution is 2.26. The number of amides is 1. The minimum Gasteiger partial charge on any atom is -0.461 e. The molecule has 0 N–H and O–H groups in total. The Morgan fingerprint density at radius 3 is 2.69 bits per heavy atom. The molecular weight excluding hydrogens is 336 g/mol. The molecule has 0 spiro atoms. The molecule has 1 aliphatic rings. The molecule has 26 heavy (non-hydrogen) atoms. The lowest BCUT2D eigenvalue weighted by Crippen LogP contribution is -2.26. The SMILES string of the molecule is Cc1ccc(N2CC(C(=O)OCc3cccc([N+](=O)[O-])c3)CC2=O)cc1. The van der Waals surface area contributed by atoms with Crippen molar-refractivity contribution in [1.29, 1.82) is 0 Å². The van der Waals surface area contributed by atoms with Crippen LogP contribution < -0.4 is 4.90 Å². The highest BCUT2D eigenvalue weighted by atomic mass is 16.6. The molecule has 1 amide bonds. The molecule has 7 heteroatoms. The van der Waals surface area contributed by atoms with E-state index < -0.39 is 16.8 Å². The van der Waals surface area contributed by atoms with Crippen LogP contribution in [0, 0.1) is 23.0 Å². The minimum absolute atomic E-state index is 0.0554. The molecule has 0 bridgehead atoms. The van der Waals surface area contributed by atoms with E-state index in [1.54, 1.807) is 17.0 Å². The number of ether oxygens (including phenoxy) is 1. The van der Waals surface area contributed by atoms with Crippen LogP contribution in [0.5, 0.6) is 0 Å². The fraction of sp³-hybridized carbons (Fsp3) is 0.263. The number of nitro groups is 1. The number of carbonyl (C=O) groups is 2. The third kappa shape index (κ3) is 3.88. The maximum Gasteiger partial charge on any atom is 0.311 e.